The number of pyridine rings is 1. The maximum absolute atomic E-state index is 13.2. The van der Waals surface area contributed by atoms with Gasteiger partial charge in [0, 0.05) is 5.39 Å². The van der Waals surface area contributed by atoms with E-state index in [1.165, 1.54) is 0 Å². The molecular formula is C16H15F6N3O2. The lowest BCUT2D eigenvalue weighted by Gasteiger charge is -2.23. The third-order valence-electron chi connectivity index (χ3n) is 3.83. The van der Waals surface area contributed by atoms with Crippen molar-refractivity contribution in [2.24, 2.45) is 5.73 Å². The number of hydrogen-bond donors (Lipinski definition) is 3. The fourth-order valence-corrected chi connectivity index (χ4v) is 2.66. The van der Waals surface area contributed by atoms with Crippen LogP contribution in [-0.4, -0.2) is 28.6 Å². The van der Waals surface area contributed by atoms with Crippen molar-refractivity contribution >= 4 is 16.8 Å². The molecule has 0 bridgehead atoms. The number of nitrogens with zero attached hydrogens (tertiary/aromatic N) is 1. The predicted molar refractivity (Wildman–Crippen MR) is 83.4 cm³/mol. The highest BCUT2D eigenvalue weighted by Crippen LogP contribution is 2.39. The van der Waals surface area contributed by atoms with Crippen molar-refractivity contribution in [3.05, 3.63) is 41.1 Å². The third kappa shape index (κ3) is 4.30. The Morgan fingerprint density at radius 2 is 1.85 bits per heavy atom. The molecule has 1 aromatic carbocycles. The van der Waals surface area contributed by atoms with Crippen LogP contribution in [0, 0.1) is 0 Å². The Labute approximate surface area is 149 Å². The van der Waals surface area contributed by atoms with Crippen LogP contribution in [0.15, 0.2) is 24.3 Å². The Morgan fingerprint density at radius 3 is 2.33 bits per heavy atom. The second kappa shape index (κ2) is 7.31. The summed E-state index contributed by atoms with van der Waals surface area (Å²) in [6.45, 7) is 1.68. The number of rotatable bonds is 5. The van der Waals surface area contributed by atoms with Crippen molar-refractivity contribution in [3.8, 4) is 0 Å². The molecule has 1 heterocycles. The van der Waals surface area contributed by atoms with Crippen LogP contribution in [-0.2, 0) is 17.1 Å². The molecule has 0 saturated carbocycles. The van der Waals surface area contributed by atoms with Gasteiger partial charge >= 0.3 is 12.4 Å². The Morgan fingerprint density at radius 1 is 1.22 bits per heavy atom. The van der Waals surface area contributed by atoms with E-state index in [0.29, 0.717) is 12.1 Å². The fourth-order valence-electron chi connectivity index (χ4n) is 2.66. The van der Waals surface area contributed by atoms with Gasteiger partial charge in [-0.05, 0) is 24.2 Å². The number of primary amides is 1. The predicted octanol–water partition coefficient (Wildman–Crippen LogP) is 2.77. The van der Waals surface area contributed by atoms with Crippen molar-refractivity contribution in [2.75, 3.05) is 6.54 Å². The minimum absolute atomic E-state index is 0.133. The molecule has 0 aliphatic carbocycles. The number of aliphatic hydroxyl groups excluding tert-OH is 1. The molecule has 11 heteroatoms. The summed E-state index contributed by atoms with van der Waals surface area (Å²) in [5.74, 6) is -1.07. The summed E-state index contributed by atoms with van der Waals surface area (Å²) in [6.07, 6.45) is -12.0. The highest BCUT2D eigenvalue weighted by molar-refractivity contribution is 5.88. The number of aromatic nitrogens is 1. The lowest BCUT2D eigenvalue weighted by atomic mass is 9.95. The zero-order valence-corrected chi connectivity index (χ0v) is 13.8. The van der Waals surface area contributed by atoms with Gasteiger partial charge in [0.05, 0.1) is 11.1 Å². The maximum Gasteiger partial charge on any atom is 0.433 e. The number of fused-ring (bicyclic) bond motifs is 1. The van der Waals surface area contributed by atoms with Crippen molar-refractivity contribution in [1.82, 2.24) is 10.3 Å². The molecule has 0 radical (unpaired) electrons. The molecule has 27 heavy (non-hydrogen) atoms. The van der Waals surface area contributed by atoms with Gasteiger partial charge in [-0.2, -0.15) is 26.3 Å². The van der Waals surface area contributed by atoms with Gasteiger partial charge in [-0.15, -0.1) is 0 Å². The maximum atomic E-state index is 13.2. The van der Waals surface area contributed by atoms with Gasteiger partial charge in [-0.3, -0.25) is 4.79 Å². The van der Waals surface area contributed by atoms with Crippen LogP contribution in [0.1, 0.15) is 29.8 Å². The van der Waals surface area contributed by atoms with E-state index in [2.05, 4.69) is 10.3 Å². The Kier molecular flexibility index (Phi) is 5.66. The Hall–Kier alpha value is -2.40. The van der Waals surface area contributed by atoms with E-state index in [9.17, 15) is 36.2 Å². The van der Waals surface area contributed by atoms with E-state index in [4.69, 9.17) is 5.73 Å². The molecule has 0 aliphatic heterocycles. The summed E-state index contributed by atoms with van der Waals surface area (Å²) in [5.41, 5.74) is 0.617. The molecule has 1 aromatic heterocycles. The summed E-state index contributed by atoms with van der Waals surface area (Å²) in [6, 6.07) is 1.56. The summed E-state index contributed by atoms with van der Waals surface area (Å²) in [5, 5.41) is 12.6. The lowest BCUT2D eigenvalue weighted by Crippen LogP contribution is -2.45. The minimum atomic E-state index is -5.07. The Bertz CT molecular complexity index is 850. The van der Waals surface area contributed by atoms with Crippen LogP contribution in [0.4, 0.5) is 26.3 Å². The third-order valence-corrected chi connectivity index (χ3v) is 3.83. The molecule has 2 atom stereocenters. The van der Waals surface area contributed by atoms with Gasteiger partial charge in [-0.25, -0.2) is 4.98 Å². The molecule has 0 saturated heterocycles. The fraction of sp³-hybridized carbons (Fsp3) is 0.375. The summed E-state index contributed by atoms with van der Waals surface area (Å²) in [7, 11) is 0. The first kappa shape index (κ1) is 20.9. The first-order valence-corrected chi connectivity index (χ1v) is 7.66. The standard InChI is InChI=1S/C16H15F6N3O2/c1-2-24-12(14(23)27)13(26)8-6-10(16(20,21)22)25-11-7(8)4-3-5-9(11)15(17,18)19/h3-6,12-13,24,26H,2H2,1H3,(H2,23,27). The quantitative estimate of drug-likeness (QED) is 0.680. The average molecular weight is 395 g/mol. The van der Waals surface area contributed by atoms with Crippen LogP contribution < -0.4 is 11.1 Å². The van der Waals surface area contributed by atoms with Gasteiger partial charge < -0.3 is 16.2 Å². The summed E-state index contributed by atoms with van der Waals surface area (Å²) >= 11 is 0. The molecule has 4 N–H and O–H groups in total. The number of halogens is 6. The molecule has 2 unspecified atom stereocenters. The molecule has 5 nitrogen and oxygen atoms in total. The number of carbonyl (C=O) groups is 1. The molecule has 1 amide bonds. The van der Waals surface area contributed by atoms with E-state index in [1.54, 1.807) is 6.92 Å². The van der Waals surface area contributed by atoms with Crippen LogP contribution in [0.3, 0.4) is 0 Å². The number of benzene rings is 1. The van der Waals surface area contributed by atoms with Crippen LogP contribution in [0.2, 0.25) is 0 Å². The Balaban J connectivity index is 2.83. The van der Waals surface area contributed by atoms with Crippen LogP contribution in [0.5, 0.6) is 0 Å². The van der Waals surface area contributed by atoms with E-state index in [1.807, 2.05) is 0 Å². The van der Waals surface area contributed by atoms with Gasteiger partial charge in [0.15, 0.2) is 0 Å². The van der Waals surface area contributed by atoms with E-state index in [-0.39, 0.29) is 11.9 Å². The first-order chi connectivity index (χ1) is 12.4. The minimum Gasteiger partial charge on any atom is -0.386 e. The van der Waals surface area contributed by atoms with Gasteiger partial charge in [0.2, 0.25) is 5.91 Å². The number of alkyl halides is 6. The van der Waals surface area contributed by atoms with Crippen molar-refractivity contribution in [2.45, 2.75) is 31.4 Å². The first-order valence-electron chi connectivity index (χ1n) is 7.66. The second-order valence-electron chi connectivity index (χ2n) is 5.68. The summed E-state index contributed by atoms with van der Waals surface area (Å²) in [4.78, 5) is 14.6. The monoisotopic (exact) mass is 395 g/mol. The number of likely N-dealkylation sites (N-methyl/N-ethyl adjacent to an activating group) is 1. The smallest absolute Gasteiger partial charge is 0.386 e. The number of nitrogens with two attached hydrogens (primary N) is 1. The van der Waals surface area contributed by atoms with E-state index in [0.717, 1.165) is 12.1 Å². The number of amides is 1. The average Bonchev–Trinajstić information content (AvgIpc) is 2.55. The van der Waals surface area contributed by atoms with Crippen LogP contribution in [0.25, 0.3) is 10.9 Å². The highest BCUT2D eigenvalue weighted by atomic mass is 19.4. The molecule has 0 fully saturated rings. The van der Waals surface area contributed by atoms with Crippen molar-refractivity contribution < 1.29 is 36.2 Å². The van der Waals surface area contributed by atoms with E-state index >= 15 is 0 Å². The summed E-state index contributed by atoms with van der Waals surface area (Å²) < 4.78 is 79.1. The normalized spacial score (nSPS) is 15.0. The van der Waals surface area contributed by atoms with E-state index < -0.39 is 52.7 Å². The number of hydrogen-bond acceptors (Lipinski definition) is 4. The van der Waals surface area contributed by atoms with Crippen molar-refractivity contribution in [3.63, 3.8) is 0 Å². The SMILES string of the molecule is CCNC(C(N)=O)C(O)c1cc(C(F)(F)F)nc2c(C(F)(F)F)cccc12. The number of aliphatic hydroxyl groups is 1. The molecule has 0 spiro atoms. The van der Waals surface area contributed by atoms with Gasteiger partial charge in [-0.1, -0.05) is 19.1 Å². The zero-order valence-electron chi connectivity index (χ0n) is 13.8. The lowest BCUT2D eigenvalue weighted by molar-refractivity contribution is -0.142. The molecule has 2 aromatic rings. The zero-order chi connectivity index (χ0) is 20.6. The number of para-hydroxylation sites is 1. The molecular weight excluding hydrogens is 380 g/mol. The van der Waals surface area contributed by atoms with Gasteiger partial charge in [0.25, 0.3) is 0 Å². The molecule has 148 valence electrons. The van der Waals surface area contributed by atoms with Gasteiger partial charge in [0.1, 0.15) is 17.8 Å². The largest absolute Gasteiger partial charge is 0.433 e. The number of carbonyl (C=O) groups excluding carboxylic acids is 1. The second-order valence-corrected chi connectivity index (χ2v) is 5.68. The highest BCUT2D eigenvalue weighted by Gasteiger charge is 2.39. The molecule has 2 rings (SSSR count). The topological polar surface area (TPSA) is 88.2 Å². The molecule has 0 aliphatic rings. The van der Waals surface area contributed by atoms with Crippen LogP contribution >= 0.6 is 0 Å². The van der Waals surface area contributed by atoms with Crippen molar-refractivity contribution in [1.29, 1.82) is 0 Å². The number of nitrogens with one attached hydrogen (secondary N) is 1.